The van der Waals surface area contributed by atoms with Crippen molar-refractivity contribution in [3.8, 4) is 0 Å². The molecule has 0 aromatic rings. The molecule has 0 aliphatic heterocycles. The van der Waals surface area contributed by atoms with Crippen LogP contribution >= 0.6 is 0 Å². The lowest BCUT2D eigenvalue weighted by atomic mass is 10.00. The summed E-state index contributed by atoms with van der Waals surface area (Å²) in [5, 5.41) is 19.8. The van der Waals surface area contributed by atoms with Gasteiger partial charge in [0.05, 0.1) is 12.2 Å². The van der Waals surface area contributed by atoms with Crippen LogP contribution in [0.3, 0.4) is 0 Å². The summed E-state index contributed by atoms with van der Waals surface area (Å²) in [6, 6.07) is 0. The van der Waals surface area contributed by atoms with Crippen LogP contribution in [-0.4, -0.2) is 22.4 Å². The maximum atomic E-state index is 9.90. The first kappa shape index (κ1) is 19.9. The summed E-state index contributed by atoms with van der Waals surface area (Å²) in [6.45, 7) is 4.44. The quantitative estimate of drug-likeness (QED) is 0.406. The summed E-state index contributed by atoms with van der Waals surface area (Å²) in [7, 11) is 0. The van der Waals surface area contributed by atoms with Crippen LogP contribution in [0.1, 0.15) is 104 Å². The van der Waals surface area contributed by atoms with Crippen LogP contribution in [-0.2, 0) is 0 Å². The van der Waals surface area contributed by atoms with E-state index < -0.39 is 0 Å². The van der Waals surface area contributed by atoms with E-state index in [2.05, 4.69) is 13.8 Å². The van der Waals surface area contributed by atoms with Crippen LogP contribution in [0.15, 0.2) is 0 Å². The second-order valence-electron chi connectivity index (χ2n) is 6.30. The van der Waals surface area contributed by atoms with Crippen LogP contribution in [0.25, 0.3) is 0 Å². The fourth-order valence-corrected chi connectivity index (χ4v) is 2.69. The van der Waals surface area contributed by atoms with E-state index in [4.69, 9.17) is 0 Å². The molecule has 0 spiro atoms. The number of rotatable bonds is 15. The topological polar surface area (TPSA) is 40.5 Å². The summed E-state index contributed by atoms with van der Waals surface area (Å²) in [6.07, 6.45) is 15.5. The standard InChI is InChI=1S/C18H38O2/c1-3-5-7-9-10-11-13-15-18(20)16-17(19)14-12-8-6-4-2/h17-20H,3-16H2,1-2H3/t17-,18?/m1/s1. The highest BCUT2D eigenvalue weighted by molar-refractivity contribution is 4.64. The minimum atomic E-state index is -0.300. The lowest BCUT2D eigenvalue weighted by Gasteiger charge is -2.15. The Labute approximate surface area is 127 Å². The number of aliphatic hydroxyl groups excluding tert-OH is 2. The summed E-state index contributed by atoms with van der Waals surface area (Å²) in [5.74, 6) is 0. The van der Waals surface area contributed by atoms with Gasteiger partial charge >= 0.3 is 0 Å². The SMILES string of the molecule is CCCCCCCCCC(O)C[C@H](O)CCCCCC. The van der Waals surface area contributed by atoms with Crippen molar-refractivity contribution < 1.29 is 10.2 Å². The minimum Gasteiger partial charge on any atom is -0.393 e. The third kappa shape index (κ3) is 14.3. The van der Waals surface area contributed by atoms with E-state index >= 15 is 0 Å². The molecule has 122 valence electrons. The Morgan fingerprint density at radius 3 is 1.35 bits per heavy atom. The zero-order chi connectivity index (χ0) is 15.1. The van der Waals surface area contributed by atoms with E-state index in [1.807, 2.05) is 0 Å². The van der Waals surface area contributed by atoms with Gasteiger partial charge in [-0.05, 0) is 19.3 Å². The van der Waals surface area contributed by atoms with E-state index in [1.165, 1.54) is 57.8 Å². The third-order valence-electron chi connectivity index (χ3n) is 4.08. The van der Waals surface area contributed by atoms with Crippen LogP contribution in [0.5, 0.6) is 0 Å². The Kier molecular flexibility index (Phi) is 15.3. The molecule has 20 heavy (non-hydrogen) atoms. The van der Waals surface area contributed by atoms with Gasteiger partial charge in [-0.2, -0.15) is 0 Å². The van der Waals surface area contributed by atoms with Gasteiger partial charge in [-0.25, -0.2) is 0 Å². The molecule has 0 heterocycles. The second-order valence-corrected chi connectivity index (χ2v) is 6.30. The molecule has 0 bridgehead atoms. The molecule has 0 radical (unpaired) electrons. The van der Waals surface area contributed by atoms with Crippen LogP contribution in [0.4, 0.5) is 0 Å². The van der Waals surface area contributed by atoms with Gasteiger partial charge in [-0.3, -0.25) is 0 Å². The molecule has 0 aliphatic carbocycles. The van der Waals surface area contributed by atoms with Gasteiger partial charge in [0.25, 0.3) is 0 Å². The lowest BCUT2D eigenvalue weighted by Crippen LogP contribution is -2.17. The average Bonchev–Trinajstić information content (AvgIpc) is 2.42. The maximum absolute atomic E-state index is 9.90. The van der Waals surface area contributed by atoms with Gasteiger partial charge in [-0.1, -0.05) is 84.5 Å². The Hall–Kier alpha value is -0.0800. The first-order chi connectivity index (χ1) is 9.70. The predicted octanol–water partition coefficient (Wildman–Crippen LogP) is 5.21. The highest BCUT2D eigenvalue weighted by Crippen LogP contribution is 2.14. The lowest BCUT2D eigenvalue weighted by molar-refractivity contribution is 0.0680. The minimum absolute atomic E-state index is 0.299. The molecule has 1 unspecified atom stereocenters. The highest BCUT2D eigenvalue weighted by Gasteiger charge is 2.11. The van der Waals surface area contributed by atoms with Crippen molar-refractivity contribution in [1.29, 1.82) is 0 Å². The molecular formula is C18H38O2. The molecule has 0 aliphatic rings. The monoisotopic (exact) mass is 286 g/mol. The Morgan fingerprint density at radius 1 is 0.550 bits per heavy atom. The van der Waals surface area contributed by atoms with Crippen LogP contribution < -0.4 is 0 Å². The molecule has 0 amide bonds. The van der Waals surface area contributed by atoms with Crippen LogP contribution in [0.2, 0.25) is 0 Å². The number of aliphatic hydroxyl groups is 2. The van der Waals surface area contributed by atoms with Gasteiger partial charge in [-0.15, -0.1) is 0 Å². The third-order valence-corrected chi connectivity index (χ3v) is 4.08. The van der Waals surface area contributed by atoms with Crippen molar-refractivity contribution in [3.05, 3.63) is 0 Å². The molecule has 2 N–H and O–H groups in total. The average molecular weight is 287 g/mol. The van der Waals surface area contributed by atoms with Crippen molar-refractivity contribution >= 4 is 0 Å². The van der Waals surface area contributed by atoms with Gasteiger partial charge in [0, 0.05) is 0 Å². The number of hydrogen-bond donors (Lipinski definition) is 2. The van der Waals surface area contributed by atoms with Crippen LogP contribution in [0, 0.1) is 0 Å². The van der Waals surface area contributed by atoms with E-state index in [1.54, 1.807) is 0 Å². The first-order valence-electron chi connectivity index (χ1n) is 9.06. The molecular weight excluding hydrogens is 248 g/mol. The molecule has 2 atom stereocenters. The zero-order valence-electron chi connectivity index (χ0n) is 13.9. The van der Waals surface area contributed by atoms with Gasteiger partial charge < -0.3 is 10.2 Å². The normalized spacial score (nSPS) is 14.4. The Bertz CT molecular complexity index is 182. The van der Waals surface area contributed by atoms with Gasteiger partial charge in [0.15, 0.2) is 0 Å². The fourth-order valence-electron chi connectivity index (χ4n) is 2.69. The summed E-state index contributed by atoms with van der Waals surface area (Å²) in [4.78, 5) is 0. The fraction of sp³-hybridized carbons (Fsp3) is 1.00. The largest absolute Gasteiger partial charge is 0.393 e. The second kappa shape index (κ2) is 15.3. The number of hydrogen-bond acceptors (Lipinski definition) is 2. The van der Waals surface area contributed by atoms with Crippen molar-refractivity contribution in [2.75, 3.05) is 0 Å². The predicted molar refractivity (Wildman–Crippen MR) is 88.0 cm³/mol. The molecule has 0 saturated carbocycles. The zero-order valence-corrected chi connectivity index (χ0v) is 13.9. The smallest absolute Gasteiger partial charge is 0.0564 e. The van der Waals surface area contributed by atoms with Crippen molar-refractivity contribution in [2.24, 2.45) is 0 Å². The summed E-state index contributed by atoms with van der Waals surface area (Å²) >= 11 is 0. The van der Waals surface area contributed by atoms with Gasteiger partial charge in [0.2, 0.25) is 0 Å². The first-order valence-corrected chi connectivity index (χ1v) is 9.06. The van der Waals surface area contributed by atoms with E-state index in [-0.39, 0.29) is 12.2 Å². The van der Waals surface area contributed by atoms with E-state index in [0.29, 0.717) is 6.42 Å². The Morgan fingerprint density at radius 2 is 0.900 bits per heavy atom. The molecule has 2 heteroatoms. The molecule has 0 aromatic carbocycles. The van der Waals surface area contributed by atoms with Crippen molar-refractivity contribution in [2.45, 2.75) is 116 Å². The molecule has 2 nitrogen and oxygen atoms in total. The van der Waals surface area contributed by atoms with E-state index in [9.17, 15) is 10.2 Å². The maximum Gasteiger partial charge on any atom is 0.0564 e. The summed E-state index contributed by atoms with van der Waals surface area (Å²) < 4.78 is 0. The molecule has 0 rings (SSSR count). The number of unbranched alkanes of at least 4 members (excludes halogenated alkanes) is 9. The van der Waals surface area contributed by atoms with Crippen molar-refractivity contribution in [3.63, 3.8) is 0 Å². The summed E-state index contributed by atoms with van der Waals surface area (Å²) in [5.41, 5.74) is 0. The Balaban J connectivity index is 3.32. The van der Waals surface area contributed by atoms with Gasteiger partial charge in [0.1, 0.15) is 0 Å². The molecule has 0 saturated heterocycles. The molecule has 0 fully saturated rings. The highest BCUT2D eigenvalue weighted by atomic mass is 16.3. The van der Waals surface area contributed by atoms with E-state index in [0.717, 1.165) is 25.7 Å². The van der Waals surface area contributed by atoms with Crippen molar-refractivity contribution in [1.82, 2.24) is 0 Å². The molecule has 0 aromatic heterocycles.